The fourth-order valence-electron chi connectivity index (χ4n) is 3.41. The normalized spacial score (nSPS) is 24.9. The molecule has 21 heavy (non-hydrogen) atoms. The quantitative estimate of drug-likeness (QED) is 0.781. The topological polar surface area (TPSA) is 12.0 Å². The first-order chi connectivity index (χ1) is 9.82. The Morgan fingerprint density at radius 2 is 1.95 bits per heavy atom. The lowest BCUT2D eigenvalue weighted by molar-refractivity contribution is -0.140. The zero-order chi connectivity index (χ0) is 15.6. The second-order valence-electron chi connectivity index (χ2n) is 6.04. The third kappa shape index (κ3) is 3.76. The molecule has 0 aliphatic heterocycles. The number of hydrogen-bond donors (Lipinski definition) is 1. The molecule has 2 rings (SSSR count). The molecule has 0 saturated heterocycles. The average Bonchev–Trinajstić information content (AvgIpc) is 2.38. The fourth-order valence-corrected chi connectivity index (χ4v) is 3.41. The molecule has 1 aromatic carbocycles. The summed E-state index contributed by atoms with van der Waals surface area (Å²) in [5.74, 6) is -0.238. The minimum absolute atomic E-state index is 0.0930. The molecular formula is C16H21F4N. The van der Waals surface area contributed by atoms with E-state index in [0.717, 1.165) is 31.4 Å². The summed E-state index contributed by atoms with van der Waals surface area (Å²) in [5.41, 5.74) is -0.597. The maximum Gasteiger partial charge on any atom is 0.419 e. The number of halogens is 4. The van der Waals surface area contributed by atoms with Crippen LogP contribution in [0.25, 0.3) is 0 Å². The molecule has 0 amide bonds. The molecule has 1 aromatic rings. The molecule has 0 bridgehead atoms. The van der Waals surface area contributed by atoms with Crippen LogP contribution in [0.5, 0.6) is 0 Å². The van der Waals surface area contributed by atoms with Crippen molar-refractivity contribution in [2.45, 2.75) is 44.8 Å². The van der Waals surface area contributed by atoms with Gasteiger partial charge >= 0.3 is 6.18 Å². The van der Waals surface area contributed by atoms with Crippen molar-refractivity contribution in [2.24, 2.45) is 11.8 Å². The van der Waals surface area contributed by atoms with Gasteiger partial charge in [-0.2, -0.15) is 13.2 Å². The van der Waals surface area contributed by atoms with Gasteiger partial charge in [-0.3, -0.25) is 0 Å². The van der Waals surface area contributed by atoms with Crippen molar-refractivity contribution in [2.75, 3.05) is 7.05 Å². The van der Waals surface area contributed by atoms with Crippen LogP contribution in [0.2, 0.25) is 0 Å². The largest absolute Gasteiger partial charge is 0.419 e. The Kier molecular flexibility index (Phi) is 4.91. The van der Waals surface area contributed by atoms with Gasteiger partial charge < -0.3 is 5.32 Å². The van der Waals surface area contributed by atoms with Crippen molar-refractivity contribution in [1.82, 2.24) is 5.32 Å². The van der Waals surface area contributed by atoms with Crippen molar-refractivity contribution < 1.29 is 17.6 Å². The molecule has 3 atom stereocenters. The van der Waals surface area contributed by atoms with Gasteiger partial charge in [-0.15, -0.1) is 0 Å². The van der Waals surface area contributed by atoms with Gasteiger partial charge in [0.1, 0.15) is 5.82 Å². The molecule has 1 aliphatic rings. The zero-order valence-corrected chi connectivity index (χ0v) is 12.3. The van der Waals surface area contributed by atoms with Crippen LogP contribution in [-0.2, 0) is 6.18 Å². The van der Waals surface area contributed by atoms with E-state index in [2.05, 4.69) is 12.2 Å². The number of hydrogen-bond acceptors (Lipinski definition) is 1. The van der Waals surface area contributed by atoms with Crippen LogP contribution < -0.4 is 5.32 Å². The Morgan fingerprint density at radius 1 is 1.24 bits per heavy atom. The third-order valence-electron chi connectivity index (χ3n) is 4.42. The first-order valence-electron chi connectivity index (χ1n) is 7.36. The van der Waals surface area contributed by atoms with Crippen LogP contribution >= 0.6 is 0 Å². The number of alkyl halides is 3. The highest BCUT2D eigenvalue weighted by molar-refractivity contribution is 5.29. The van der Waals surface area contributed by atoms with E-state index in [1.165, 1.54) is 12.5 Å². The molecule has 1 N–H and O–H groups in total. The van der Waals surface area contributed by atoms with Gasteiger partial charge in [-0.25, -0.2) is 4.39 Å². The maximum absolute atomic E-state index is 13.7. The Labute approximate surface area is 122 Å². The molecule has 1 aliphatic carbocycles. The SMILES string of the molecule is CNC(c1ccc(C(F)(F)F)c(F)c1)C1CCCC(C)C1. The lowest BCUT2D eigenvalue weighted by atomic mass is 9.76. The molecule has 118 valence electrons. The molecule has 0 radical (unpaired) electrons. The van der Waals surface area contributed by atoms with Gasteiger partial charge in [0.25, 0.3) is 0 Å². The average molecular weight is 303 g/mol. The number of rotatable bonds is 3. The molecule has 1 fully saturated rings. The predicted molar refractivity (Wildman–Crippen MR) is 74.3 cm³/mol. The summed E-state index contributed by atoms with van der Waals surface area (Å²) in [6, 6.07) is 3.18. The molecule has 0 aromatic heterocycles. The minimum Gasteiger partial charge on any atom is -0.313 e. The maximum atomic E-state index is 13.7. The summed E-state index contributed by atoms with van der Waals surface area (Å²) in [6.45, 7) is 2.19. The summed E-state index contributed by atoms with van der Waals surface area (Å²) in [7, 11) is 1.78. The standard InChI is InChI=1S/C16H21F4N/c1-10-4-3-5-11(8-10)15(21-2)12-6-7-13(14(17)9-12)16(18,19)20/h6-7,9-11,15,21H,3-5,8H2,1-2H3. The van der Waals surface area contributed by atoms with E-state index >= 15 is 0 Å². The van der Waals surface area contributed by atoms with Crippen molar-refractivity contribution >= 4 is 0 Å². The fraction of sp³-hybridized carbons (Fsp3) is 0.625. The van der Waals surface area contributed by atoms with Crippen LogP contribution in [-0.4, -0.2) is 7.05 Å². The van der Waals surface area contributed by atoms with E-state index in [0.29, 0.717) is 17.4 Å². The molecule has 0 heterocycles. The molecule has 1 nitrogen and oxygen atoms in total. The summed E-state index contributed by atoms with van der Waals surface area (Å²) in [5, 5.41) is 3.15. The molecule has 0 spiro atoms. The second-order valence-corrected chi connectivity index (χ2v) is 6.04. The highest BCUT2D eigenvalue weighted by atomic mass is 19.4. The first kappa shape index (κ1) is 16.3. The van der Waals surface area contributed by atoms with E-state index in [-0.39, 0.29) is 6.04 Å². The zero-order valence-electron chi connectivity index (χ0n) is 12.3. The predicted octanol–water partition coefficient (Wildman–Crippen LogP) is 4.93. The van der Waals surface area contributed by atoms with E-state index in [1.807, 2.05) is 0 Å². The van der Waals surface area contributed by atoms with Crippen LogP contribution in [0.1, 0.15) is 49.8 Å². The summed E-state index contributed by atoms with van der Waals surface area (Å²) < 4.78 is 51.6. The lowest BCUT2D eigenvalue weighted by Gasteiger charge is -2.33. The molecular weight excluding hydrogens is 282 g/mol. The van der Waals surface area contributed by atoms with Crippen molar-refractivity contribution in [1.29, 1.82) is 0 Å². The van der Waals surface area contributed by atoms with Gasteiger partial charge in [-0.1, -0.05) is 25.8 Å². The van der Waals surface area contributed by atoms with Crippen molar-refractivity contribution in [3.8, 4) is 0 Å². The Morgan fingerprint density at radius 3 is 2.48 bits per heavy atom. The van der Waals surface area contributed by atoms with E-state index in [1.54, 1.807) is 7.05 Å². The Bertz CT molecular complexity index is 484. The highest BCUT2D eigenvalue weighted by Crippen LogP contribution is 2.38. The minimum atomic E-state index is -4.64. The van der Waals surface area contributed by atoms with Crippen LogP contribution in [0.15, 0.2) is 18.2 Å². The van der Waals surface area contributed by atoms with E-state index in [4.69, 9.17) is 0 Å². The molecule has 5 heteroatoms. The summed E-state index contributed by atoms with van der Waals surface area (Å²) >= 11 is 0. The lowest BCUT2D eigenvalue weighted by Crippen LogP contribution is -2.29. The molecule has 1 saturated carbocycles. The molecule has 3 unspecified atom stereocenters. The summed E-state index contributed by atoms with van der Waals surface area (Å²) in [4.78, 5) is 0. The van der Waals surface area contributed by atoms with Gasteiger partial charge in [-0.05, 0) is 49.4 Å². The van der Waals surface area contributed by atoms with Crippen LogP contribution in [0.4, 0.5) is 17.6 Å². The number of benzene rings is 1. The van der Waals surface area contributed by atoms with E-state index < -0.39 is 17.6 Å². The van der Waals surface area contributed by atoms with Gasteiger partial charge in [0.15, 0.2) is 0 Å². The van der Waals surface area contributed by atoms with Gasteiger partial charge in [0, 0.05) is 6.04 Å². The van der Waals surface area contributed by atoms with Crippen LogP contribution in [0.3, 0.4) is 0 Å². The highest BCUT2D eigenvalue weighted by Gasteiger charge is 2.35. The third-order valence-corrected chi connectivity index (χ3v) is 4.42. The van der Waals surface area contributed by atoms with Crippen molar-refractivity contribution in [3.63, 3.8) is 0 Å². The first-order valence-corrected chi connectivity index (χ1v) is 7.36. The van der Waals surface area contributed by atoms with Gasteiger partial charge in [0.05, 0.1) is 5.56 Å². The van der Waals surface area contributed by atoms with Gasteiger partial charge in [0.2, 0.25) is 0 Å². The number of nitrogens with one attached hydrogen (secondary N) is 1. The van der Waals surface area contributed by atoms with E-state index in [9.17, 15) is 17.6 Å². The monoisotopic (exact) mass is 303 g/mol. The smallest absolute Gasteiger partial charge is 0.313 e. The van der Waals surface area contributed by atoms with Crippen molar-refractivity contribution in [3.05, 3.63) is 35.1 Å². The Hall–Kier alpha value is -1.10. The summed E-state index contributed by atoms with van der Waals surface area (Å²) in [6.07, 6.45) is -0.287. The Balaban J connectivity index is 2.24. The second kappa shape index (κ2) is 6.34. The van der Waals surface area contributed by atoms with Crippen LogP contribution in [0, 0.1) is 17.7 Å².